The quantitative estimate of drug-likeness (QED) is 0.285. The number of hydrogen-bond acceptors (Lipinski definition) is 8. The lowest BCUT2D eigenvalue weighted by Crippen LogP contribution is -2.15. The van der Waals surface area contributed by atoms with Gasteiger partial charge in [0.25, 0.3) is 11.6 Å². The molecule has 5 rings (SSSR count). The Balaban J connectivity index is 1.23. The first-order chi connectivity index (χ1) is 19.0. The van der Waals surface area contributed by atoms with Gasteiger partial charge in [-0.3, -0.25) is 0 Å². The topological polar surface area (TPSA) is 114 Å². The number of hydrogen-bond donors (Lipinski definition) is 0. The zero-order valence-corrected chi connectivity index (χ0v) is 22.2. The molecule has 10 heteroatoms. The summed E-state index contributed by atoms with van der Waals surface area (Å²) in [6.07, 6.45) is 11.5. The molecule has 3 aromatic rings. The first-order valence-corrected chi connectivity index (χ1v) is 13.3. The maximum atomic E-state index is 12.8. The van der Waals surface area contributed by atoms with Crippen LogP contribution in [0.15, 0.2) is 60.7 Å². The van der Waals surface area contributed by atoms with Gasteiger partial charge in [-0.05, 0) is 43.4 Å². The highest BCUT2D eigenvalue weighted by atomic mass is 16.5. The maximum Gasteiger partial charge on any atom is 0.378 e. The molecule has 0 radical (unpaired) electrons. The van der Waals surface area contributed by atoms with E-state index in [4.69, 9.17) is 9.47 Å². The number of esters is 2. The van der Waals surface area contributed by atoms with Crippen LogP contribution in [-0.2, 0) is 28.7 Å². The van der Waals surface area contributed by atoms with Gasteiger partial charge in [-0.2, -0.15) is 0 Å². The molecule has 4 heterocycles. The molecule has 0 saturated carbocycles. The second kappa shape index (κ2) is 11.6. The molecule has 39 heavy (non-hydrogen) atoms. The van der Waals surface area contributed by atoms with E-state index in [0.29, 0.717) is 6.42 Å². The van der Waals surface area contributed by atoms with Gasteiger partial charge in [-0.1, -0.05) is 55.1 Å². The SMILES string of the molecule is C=C(/C=C\C=C/C)[C@H]1CCc2nc(C(=O)OCCc3ccccc3[C@@H]3CCc4nc(C(=O)OCC)nn43)nn21. The summed E-state index contributed by atoms with van der Waals surface area (Å²) in [6, 6.07) is 7.93. The third kappa shape index (κ3) is 5.45. The first-order valence-electron chi connectivity index (χ1n) is 13.3. The molecular weight excluding hydrogens is 496 g/mol. The minimum Gasteiger partial charge on any atom is -0.460 e. The maximum absolute atomic E-state index is 12.8. The van der Waals surface area contributed by atoms with Gasteiger partial charge in [0, 0.05) is 19.3 Å². The van der Waals surface area contributed by atoms with E-state index in [-0.39, 0.29) is 36.9 Å². The Kier molecular flexibility index (Phi) is 7.81. The fourth-order valence-corrected chi connectivity index (χ4v) is 5.13. The van der Waals surface area contributed by atoms with E-state index in [9.17, 15) is 9.59 Å². The Morgan fingerprint density at radius 3 is 2.46 bits per heavy atom. The van der Waals surface area contributed by atoms with Gasteiger partial charge in [-0.25, -0.2) is 28.9 Å². The van der Waals surface area contributed by atoms with E-state index in [2.05, 4.69) is 26.7 Å². The van der Waals surface area contributed by atoms with Crippen LogP contribution >= 0.6 is 0 Å². The molecule has 10 nitrogen and oxygen atoms in total. The van der Waals surface area contributed by atoms with Crippen LogP contribution in [0.1, 0.15) is 82.8 Å². The molecule has 0 N–H and O–H groups in total. The van der Waals surface area contributed by atoms with Gasteiger partial charge in [0.2, 0.25) is 0 Å². The van der Waals surface area contributed by atoms with Crippen molar-refractivity contribution in [1.29, 1.82) is 0 Å². The first kappa shape index (κ1) is 26.3. The zero-order valence-electron chi connectivity index (χ0n) is 22.2. The van der Waals surface area contributed by atoms with Crippen molar-refractivity contribution in [2.45, 2.75) is 58.0 Å². The normalized spacial score (nSPS) is 18.0. The Bertz CT molecular complexity index is 1450. The van der Waals surface area contributed by atoms with Crippen LogP contribution in [0.4, 0.5) is 0 Å². The highest BCUT2D eigenvalue weighted by molar-refractivity contribution is 5.85. The molecule has 0 aliphatic carbocycles. The monoisotopic (exact) mass is 528 g/mol. The van der Waals surface area contributed by atoms with Gasteiger partial charge >= 0.3 is 11.9 Å². The standard InChI is InChI=1S/C29H32N6O4/c1-4-6-7-10-19(3)22-13-15-24-30-27(32-34(22)24)29(37)39-18-17-20-11-8-9-12-21(20)23-14-16-25-31-26(33-35(23)25)28(36)38-5-2/h4,6-12,22-23H,3,5,13-18H2,1-2H3/b6-4-,10-7-/t22-,23+/m1/s1. The summed E-state index contributed by atoms with van der Waals surface area (Å²) in [5.41, 5.74) is 3.03. The molecule has 202 valence electrons. The highest BCUT2D eigenvalue weighted by Crippen LogP contribution is 2.33. The Morgan fingerprint density at radius 1 is 1.00 bits per heavy atom. The van der Waals surface area contributed by atoms with E-state index in [1.807, 2.05) is 60.2 Å². The fourth-order valence-electron chi connectivity index (χ4n) is 5.13. The number of benzene rings is 1. The number of ether oxygens (including phenoxy) is 2. The van der Waals surface area contributed by atoms with Gasteiger partial charge in [-0.15, -0.1) is 10.2 Å². The van der Waals surface area contributed by atoms with E-state index in [1.165, 1.54) is 0 Å². The van der Waals surface area contributed by atoms with Gasteiger partial charge in [0.1, 0.15) is 11.6 Å². The molecule has 1 aromatic carbocycles. The minimum atomic E-state index is -0.540. The lowest BCUT2D eigenvalue weighted by molar-refractivity contribution is 0.0490. The van der Waals surface area contributed by atoms with Crippen LogP contribution in [0.5, 0.6) is 0 Å². The molecule has 0 fully saturated rings. The summed E-state index contributed by atoms with van der Waals surface area (Å²) < 4.78 is 14.2. The predicted octanol–water partition coefficient (Wildman–Crippen LogP) is 4.16. The third-order valence-corrected chi connectivity index (χ3v) is 6.98. The molecule has 2 aliphatic rings. The molecule has 2 aromatic heterocycles. The predicted molar refractivity (Wildman–Crippen MR) is 143 cm³/mol. The molecule has 0 unspecified atom stereocenters. The number of nitrogens with zero attached hydrogens (tertiary/aromatic N) is 6. The number of fused-ring (bicyclic) bond motifs is 2. The van der Waals surface area contributed by atoms with Crippen LogP contribution in [0.2, 0.25) is 0 Å². The number of rotatable bonds is 10. The van der Waals surface area contributed by atoms with E-state index >= 15 is 0 Å². The summed E-state index contributed by atoms with van der Waals surface area (Å²) in [5, 5.41) is 8.88. The third-order valence-electron chi connectivity index (χ3n) is 6.98. The molecule has 0 saturated heterocycles. The van der Waals surface area contributed by atoms with Gasteiger partial charge < -0.3 is 9.47 Å². The van der Waals surface area contributed by atoms with Crippen LogP contribution in [0, 0.1) is 0 Å². The average Bonchev–Trinajstić information content (AvgIpc) is 3.70. The molecule has 0 amide bonds. The van der Waals surface area contributed by atoms with Crippen molar-refractivity contribution < 1.29 is 19.1 Å². The summed E-state index contributed by atoms with van der Waals surface area (Å²) >= 11 is 0. The van der Waals surface area contributed by atoms with Crippen molar-refractivity contribution in [2.24, 2.45) is 0 Å². The average molecular weight is 529 g/mol. The largest absolute Gasteiger partial charge is 0.460 e. The number of aromatic nitrogens is 6. The smallest absolute Gasteiger partial charge is 0.378 e. The van der Waals surface area contributed by atoms with Crippen LogP contribution < -0.4 is 0 Å². The molecule has 0 spiro atoms. The van der Waals surface area contributed by atoms with Gasteiger partial charge in [0.05, 0.1) is 25.3 Å². The molecule has 0 bridgehead atoms. The fraction of sp³-hybridized carbons (Fsp3) is 0.379. The highest BCUT2D eigenvalue weighted by Gasteiger charge is 2.31. The summed E-state index contributed by atoms with van der Waals surface area (Å²) in [6.45, 7) is 8.33. The number of carbonyl (C=O) groups is 2. The van der Waals surface area contributed by atoms with Crippen LogP contribution in [-0.4, -0.2) is 54.7 Å². The number of carbonyl (C=O) groups excluding carboxylic acids is 2. The number of allylic oxidation sites excluding steroid dienone is 5. The molecule has 2 aliphatic heterocycles. The molecule has 2 atom stereocenters. The second-order valence-corrected chi connectivity index (χ2v) is 9.47. The lowest BCUT2D eigenvalue weighted by Gasteiger charge is -2.16. The van der Waals surface area contributed by atoms with Crippen molar-refractivity contribution in [3.05, 3.63) is 95.1 Å². The molecular formula is C29H32N6O4. The van der Waals surface area contributed by atoms with Crippen LogP contribution in [0.25, 0.3) is 0 Å². The van der Waals surface area contributed by atoms with Gasteiger partial charge in [0.15, 0.2) is 0 Å². The van der Waals surface area contributed by atoms with E-state index < -0.39 is 11.9 Å². The van der Waals surface area contributed by atoms with Crippen molar-refractivity contribution in [1.82, 2.24) is 29.5 Å². The summed E-state index contributed by atoms with van der Waals surface area (Å²) in [5.74, 6) is 0.635. The Morgan fingerprint density at radius 2 is 1.69 bits per heavy atom. The van der Waals surface area contributed by atoms with E-state index in [0.717, 1.165) is 54.0 Å². The summed E-state index contributed by atoms with van der Waals surface area (Å²) in [4.78, 5) is 33.7. The van der Waals surface area contributed by atoms with Crippen molar-refractivity contribution in [3.63, 3.8) is 0 Å². The second-order valence-electron chi connectivity index (χ2n) is 9.47. The zero-order chi connectivity index (χ0) is 27.4. The lowest BCUT2D eigenvalue weighted by atomic mass is 9.97. The number of aryl methyl sites for hydroxylation is 2. The Labute approximate surface area is 227 Å². The van der Waals surface area contributed by atoms with Crippen LogP contribution in [0.3, 0.4) is 0 Å². The van der Waals surface area contributed by atoms with E-state index in [1.54, 1.807) is 11.6 Å². The van der Waals surface area contributed by atoms with Crippen molar-refractivity contribution in [3.8, 4) is 0 Å². The van der Waals surface area contributed by atoms with Crippen molar-refractivity contribution in [2.75, 3.05) is 13.2 Å². The van der Waals surface area contributed by atoms with Crippen molar-refractivity contribution >= 4 is 11.9 Å². The Hall–Kier alpha value is -4.34. The minimum absolute atomic E-state index is 0.0140. The summed E-state index contributed by atoms with van der Waals surface area (Å²) in [7, 11) is 0.